The summed E-state index contributed by atoms with van der Waals surface area (Å²) in [5.41, 5.74) is 0. The van der Waals surface area contributed by atoms with Crippen molar-refractivity contribution in [3.63, 3.8) is 0 Å². The number of rotatable bonds is 13. The molecule has 0 radical (unpaired) electrons. The van der Waals surface area contributed by atoms with Crippen molar-refractivity contribution < 1.29 is 47.6 Å². The van der Waals surface area contributed by atoms with Crippen LogP contribution in [0, 0.1) is 0 Å². The first kappa shape index (κ1) is 24.1. The number of aliphatic hydroxyl groups is 1. The minimum atomic E-state index is -4.40. The Morgan fingerprint density at radius 2 is 1.33 bits per heavy atom. The fourth-order valence-electron chi connectivity index (χ4n) is 2.43. The van der Waals surface area contributed by atoms with Crippen molar-refractivity contribution >= 4 is 10.1 Å². The summed E-state index contributed by atoms with van der Waals surface area (Å²) >= 11 is 0. The van der Waals surface area contributed by atoms with Gasteiger partial charge in [-0.2, -0.15) is 0 Å². The quantitative estimate of drug-likeness (QED) is 0.305. The van der Waals surface area contributed by atoms with E-state index >= 15 is 0 Å². The Morgan fingerprint density at radius 3 is 1.81 bits per heavy atom. The SMILES string of the molecule is CCCCCCCCCC(C(O)CCCC)S(=O)(=O)[O-].[Na+]. The van der Waals surface area contributed by atoms with Gasteiger partial charge in [-0.1, -0.05) is 71.6 Å². The molecule has 0 aromatic rings. The first-order valence-electron chi connectivity index (χ1n) is 8.06. The van der Waals surface area contributed by atoms with E-state index in [-0.39, 0.29) is 29.6 Å². The van der Waals surface area contributed by atoms with Gasteiger partial charge < -0.3 is 9.66 Å². The summed E-state index contributed by atoms with van der Waals surface area (Å²) in [6, 6.07) is 0. The number of aliphatic hydroxyl groups excluding tert-OH is 1. The first-order chi connectivity index (χ1) is 9.43. The number of unbranched alkanes of at least 4 members (excludes halogenated alkanes) is 7. The summed E-state index contributed by atoms with van der Waals surface area (Å²) in [5.74, 6) is 0. The van der Waals surface area contributed by atoms with Crippen LogP contribution in [-0.2, 0) is 10.1 Å². The molecule has 6 heteroatoms. The molecule has 0 saturated heterocycles. The zero-order valence-corrected chi connectivity index (χ0v) is 16.8. The van der Waals surface area contributed by atoms with E-state index in [2.05, 4.69) is 6.92 Å². The van der Waals surface area contributed by atoms with E-state index in [4.69, 9.17) is 0 Å². The first-order valence-corrected chi connectivity index (χ1v) is 9.53. The van der Waals surface area contributed by atoms with Crippen LogP contribution in [0.15, 0.2) is 0 Å². The molecule has 0 aromatic carbocycles. The third kappa shape index (κ3) is 13.0. The molecule has 1 N–H and O–H groups in total. The predicted molar refractivity (Wildman–Crippen MR) is 81.6 cm³/mol. The molecule has 0 aliphatic rings. The van der Waals surface area contributed by atoms with Gasteiger partial charge in [0.25, 0.3) is 0 Å². The van der Waals surface area contributed by atoms with Crippen LogP contribution in [0.5, 0.6) is 0 Å². The van der Waals surface area contributed by atoms with Gasteiger partial charge in [0.1, 0.15) is 10.1 Å². The van der Waals surface area contributed by atoms with Crippen molar-refractivity contribution in [2.45, 2.75) is 95.8 Å². The van der Waals surface area contributed by atoms with Gasteiger partial charge in [-0.3, -0.25) is 0 Å². The Labute approximate surface area is 153 Å². The standard InChI is InChI=1S/C15H32O4S.Na/c1-3-5-7-8-9-10-11-13-15(20(17,18)19)14(16)12-6-4-2;/h14-16H,3-13H2,1-2H3,(H,17,18,19);/q;+1/p-1. The molecule has 0 aliphatic carbocycles. The average Bonchev–Trinajstić information content (AvgIpc) is 2.37. The maximum atomic E-state index is 11.2. The molecule has 0 amide bonds. The molecule has 0 aliphatic heterocycles. The van der Waals surface area contributed by atoms with Crippen LogP contribution in [0.1, 0.15) is 84.5 Å². The molecule has 0 fully saturated rings. The second-order valence-electron chi connectivity index (χ2n) is 5.65. The maximum Gasteiger partial charge on any atom is 1.00 e. The van der Waals surface area contributed by atoms with Crippen molar-refractivity contribution in [1.29, 1.82) is 0 Å². The smallest absolute Gasteiger partial charge is 0.748 e. The topological polar surface area (TPSA) is 77.4 Å². The zero-order valence-electron chi connectivity index (χ0n) is 14.0. The van der Waals surface area contributed by atoms with Crippen LogP contribution >= 0.6 is 0 Å². The van der Waals surface area contributed by atoms with Gasteiger partial charge >= 0.3 is 29.6 Å². The van der Waals surface area contributed by atoms with Gasteiger partial charge in [-0.25, -0.2) is 8.42 Å². The minimum absolute atomic E-state index is 0. The Morgan fingerprint density at radius 1 is 0.857 bits per heavy atom. The van der Waals surface area contributed by atoms with E-state index in [0.29, 0.717) is 19.3 Å². The molecule has 21 heavy (non-hydrogen) atoms. The molecular formula is C15H31NaO4S. The number of hydrogen-bond acceptors (Lipinski definition) is 4. The Hall–Kier alpha value is 0.870. The predicted octanol–water partition coefficient (Wildman–Crippen LogP) is 0.596. The van der Waals surface area contributed by atoms with Crippen molar-refractivity contribution in [2.24, 2.45) is 0 Å². The fraction of sp³-hybridized carbons (Fsp3) is 1.00. The summed E-state index contributed by atoms with van der Waals surface area (Å²) in [6.07, 6.45) is 8.91. The van der Waals surface area contributed by atoms with Gasteiger partial charge in [-0.05, 0) is 12.8 Å². The third-order valence-electron chi connectivity index (χ3n) is 3.75. The van der Waals surface area contributed by atoms with Gasteiger partial charge in [-0.15, -0.1) is 0 Å². The van der Waals surface area contributed by atoms with Crippen LogP contribution in [0.4, 0.5) is 0 Å². The molecule has 4 nitrogen and oxygen atoms in total. The summed E-state index contributed by atoms with van der Waals surface area (Å²) in [5, 5.41) is 8.75. The molecular weight excluding hydrogens is 299 g/mol. The van der Waals surface area contributed by atoms with Crippen LogP contribution in [0.25, 0.3) is 0 Å². The molecule has 2 unspecified atom stereocenters. The van der Waals surface area contributed by atoms with Gasteiger partial charge in [0, 0.05) is 0 Å². The van der Waals surface area contributed by atoms with Crippen LogP contribution in [0.2, 0.25) is 0 Å². The maximum absolute atomic E-state index is 11.2. The monoisotopic (exact) mass is 330 g/mol. The largest absolute Gasteiger partial charge is 1.00 e. The second-order valence-corrected chi connectivity index (χ2v) is 7.24. The van der Waals surface area contributed by atoms with Crippen molar-refractivity contribution in [3.05, 3.63) is 0 Å². The molecule has 0 bridgehead atoms. The van der Waals surface area contributed by atoms with Gasteiger partial charge in [0.2, 0.25) is 0 Å². The third-order valence-corrected chi connectivity index (χ3v) is 5.04. The van der Waals surface area contributed by atoms with Crippen LogP contribution in [-0.4, -0.2) is 29.4 Å². The fourth-order valence-corrected chi connectivity index (χ4v) is 3.41. The van der Waals surface area contributed by atoms with Gasteiger partial charge in [0.05, 0.1) is 11.4 Å². The summed E-state index contributed by atoms with van der Waals surface area (Å²) in [7, 11) is -4.40. The van der Waals surface area contributed by atoms with E-state index in [9.17, 15) is 18.1 Å². The van der Waals surface area contributed by atoms with Crippen molar-refractivity contribution in [1.82, 2.24) is 0 Å². The Balaban J connectivity index is 0. The summed E-state index contributed by atoms with van der Waals surface area (Å²) in [4.78, 5) is 0. The normalized spacial score (nSPS) is 14.5. The second kappa shape index (κ2) is 14.5. The molecule has 2 atom stereocenters. The van der Waals surface area contributed by atoms with Crippen LogP contribution < -0.4 is 29.6 Å². The van der Waals surface area contributed by atoms with Gasteiger partial charge in [0.15, 0.2) is 0 Å². The molecule has 0 aromatic heterocycles. The van der Waals surface area contributed by atoms with E-state index in [1.165, 1.54) is 25.7 Å². The Kier molecular flexibility index (Phi) is 16.6. The molecule has 0 rings (SSSR count). The molecule has 0 heterocycles. The summed E-state index contributed by atoms with van der Waals surface area (Å²) < 4.78 is 33.7. The Bertz CT molecular complexity index is 320. The average molecular weight is 330 g/mol. The van der Waals surface area contributed by atoms with E-state index in [1.807, 2.05) is 6.92 Å². The molecule has 0 spiro atoms. The van der Waals surface area contributed by atoms with E-state index in [1.54, 1.807) is 0 Å². The van der Waals surface area contributed by atoms with E-state index in [0.717, 1.165) is 25.7 Å². The van der Waals surface area contributed by atoms with E-state index < -0.39 is 21.5 Å². The van der Waals surface area contributed by atoms with Crippen LogP contribution in [0.3, 0.4) is 0 Å². The molecule has 0 saturated carbocycles. The number of hydrogen-bond donors (Lipinski definition) is 1. The summed E-state index contributed by atoms with van der Waals surface area (Å²) in [6.45, 7) is 4.14. The van der Waals surface area contributed by atoms with Crippen molar-refractivity contribution in [2.75, 3.05) is 0 Å². The van der Waals surface area contributed by atoms with Crippen molar-refractivity contribution in [3.8, 4) is 0 Å². The minimum Gasteiger partial charge on any atom is -0.748 e. The zero-order chi connectivity index (χ0) is 15.4. The molecule has 122 valence electrons.